The van der Waals surface area contributed by atoms with Gasteiger partial charge in [0.25, 0.3) is 0 Å². The second kappa shape index (κ2) is 6.42. The standard InChI is InChI=1S/C12H25N/c1-2-11-7-4-3-5-9-12(13)10-6-8-11/h11-12H,2-10,13H2,1H3. The van der Waals surface area contributed by atoms with Crippen molar-refractivity contribution in [2.45, 2.75) is 70.8 Å². The molecule has 2 unspecified atom stereocenters. The summed E-state index contributed by atoms with van der Waals surface area (Å²) in [5.41, 5.74) is 6.01. The Kier molecular flexibility index (Phi) is 5.45. The van der Waals surface area contributed by atoms with Crippen LogP contribution in [0.2, 0.25) is 0 Å². The Hall–Kier alpha value is -0.0400. The highest BCUT2D eigenvalue weighted by Gasteiger charge is 2.10. The quantitative estimate of drug-likeness (QED) is 0.662. The van der Waals surface area contributed by atoms with Gasteiger partial charge in [-0.15, -0.1) is 0 Å². The third-order valence-corrected chi connectivity index (χ3v) is 3.45. The molecule has 1 saturated carbocycles. The van der Waals surface area contributed by atoms with Crippen LogP contribution < -0.4 is 5.73 Å². The molecule has 1 aliphatic rings. The van der Waals surface area contributed by atoms with Gasteiger partial charge in [-0.1, -0.05) is 51.9 Å². The molecule has 0 radical (unpaired) electrons. The van der Waals surface area contributed by atoms with Crippen LogP contribution in [0.4, 0.5) is 0 Å². The average Bonchev–Trinajstić information content (AvgIpc) is 2.15. The van der Waals surface area contributed by atoms with Crippen LogP contribution in [0.5, 0.6) is 0 Å². The summed E-state index contributed by atoms with van der Waals surface area (Å²) >= 11 is 0. The van der Waals surface area contributed by atoms with Crippen LogP contribution >= 0.6 is 0 Å². The highest BCUT2D eigenvalue weighted by atomic mass is 14.6. The molecule has 0 aromatic rings. The summed E-state index contributed by atoms with van der Waals surface area (Å²) < 4.78 is 0. The Morgan fingerprint density at radius 1 is 0.923 bits per heavy atom. The first-order valence-corrected chi connectivity index (χ1v) is 6.08. The summed E-state index contributed by atoms with van der Waals surface area (Å²) in [7, 11) is 0. The first-order valence-electron chi connectivity index (χ1n) is 6.08. The first-order chi connectivity index (χ1) is 6.33. The lowest BCUT2D eigenvalue weighted by Crippen LogP contribution is -2.20. The number of hydrogen-bond donors (Lipinski definition) is 1. The maximum Gasteiger partial charge on any atom is 0.00388 e. The fourth-order valence-corrected chi connectivity index (χ4v) is 2.38. The van der Waals surface area contributed by atoms with E-state index in [2.05, 4.69) is 6.92 Å². The zero-order valence-corrected chi connectivity index (χ0v) is 9.10. The lowest BCUT2D eigenvalue weighted by atomic mass is 9.89. The summed E-state index contributed by atoms with van der Waals surface area (Å²) in [6.45, 7) is 2.33. The Morgan fingerprint density at radius 2 is 1.54 bits per heavy atom. The number of nitrogens with two attached hydrogens (primary N) is 1. The van der Waals surface area contributed by atoms with Gasteiger partial charge in [-0.05, 0) is 18.8 Å². The third-order valence-electron chi connectivity index (χ3n) is 3.45. The van der Waals surface area contributed by atoms with Crippen molar-refractivity contribution in [3.63, 3.8) is 0 Å². The predicted molar refractivity (Wildman–Crippen MR) is 58.7 cm³/mol. The minimum Gasteiger partial charge on any atom is -0.328 e. The summed E-state index contributed by atoms with van der Waals surface area (Å²) in [6, 6.07) is 0.496. The van der Waals surface area contributed by atoms with E-state index in [1.807, 2.05) is 0 Å². The number of rotatable bonds is 1. The van der Waals surface area contributed by atoms with Crippen molar-refractivity contribution >= 4 is 0 Å². The summed E-state index contributed by atoms with van der Waals surface area (Å²) in [5, 5.41) is 0. The van der Waals surface area contributed by atoms with Crippen molar-refractivity contribution in [2.75, 3.05) is 0 Å². The highest BCUT2D eigenvalue weighted by Crippen LogP contribution is 2.23. The van der Waals surface area contributed by atoms with Gasteiger partial charge in [0.2, 0.25) is 0 Å². The molecule has 2 N–H and O–H groups in total. The number of hydrogen-bond acceptors (Lipinski definition) is 1. The molecule has 1 heteroatoms. The highest BCUT2D eigenvalue weighted by molar-refractivity contribution is 4.67. The monoisotopic (exact) mass is 183 g/mol. The van der Waals surface area contributed by atoms with Gasteiger partial charge in [0.1, 0.15) is 0 Å². The van der Waals surface area contributed by atoms with E-state index in [1.54, 1.807) is 0 Å². The van der Waals surface area contributed by atoms with Gasteiger partial charge in [0.15, 0.2) is 0 Å². The van der Waals surface area contributed by atoms with Crippen molar-refractivity contribution in [3.05, 3.63) is 0 Å². The second-order valence-electron chi connectivity index (χ2n) is 4.60. The van der Waals surface area contributed by atoms with Gasteiger partial charge in [0.05, 0.1) is 0 Å². The van der Waals surface area contributed by atoms with E-state index >= 15 is 0 Å². The van der Waals surface area contributed by atoms with Crippen LogP contribution in [-0.4, -0.2) is 6.04 Å². The Labute approximate surface area is 83.1 Å². The summed E-state index contributed by atoms with van der Waals surface area (Å²) in [5.74, 6) is 0.991. The molecule has 0 aliphatic heterocycles. The maximum absolute atomic E-state index is 6.01. The predicted octanol–water partition coefficient (Wildman–Crippen LogP) is 3.47. The smallest absolute Gasteiger partial charge is 0.00388 e. The van der Waals surface area contributed by atoms with E-state index in [-0.39, 0.29) is 0 Å². The van der Waals surface area contributed by atoms with Crippen LogP contribution in [0, 0.1) is 5.92 Å². The summed E-state index contributed by atoms with van der Waals surface area (Å²) in [4.78, 5) is 0. The van der Waals surface area contributed by atoms with Gasteiger partial charge in [-0.2, -0.15) is 0 Å². The SMILES string of the molecule is CCC1CCCCCC(N)CCC1. The molecule has 0 aromatic heterocycles. The molecule has 0 heterocycles. The molecule has 0 amide bonds. The normalized spacial score (nSPS) is 32.8. The molecule has 1 nitrogen and oxygen atoms in total. The molecule has 13 heavy (non-hydrogen) atoms. The van der Waals surface area contributed by atoms with Gasteiger partial charge >= 0.3 is 0 Å². The molecular weight excluding hydrogens is 158 g/mol. The van der Waals surface area contributed by atoms with Crippen molar-refractivity contribution < 1.29 is 0 Å². The van der Waals surface area contributed by atoms with E-state index in [4.69, 9.17) is 5.73 Å². The molecule has 0 spiro atoms. The third kappa shape index (κ3) is 4.66. The molecule has 0 aromatic carbocycles. The Bertz CT molecular complexity index is 122. The van der Waals surface area contributed by atoms with Crippen LogP contribution in [-0.2, 0) is 0 Å². The lowest BCUT2D eigenvalue weighted by Gasteiger charge is -2.19. The molecule has 1 fully saturated rings. The molecule has 1 aliphatic carbocycles. The topological polar surface area (TPSA) is 26.0 Å². The molecule has 0 saturated heterocycles. The van der Waals surface area contributed by atoms with Gasteiger partial charge in [-0.25, -0.2) is 0 Å². The van der Waals surface area contributed by atoms with E-state index in [0.29, 0.717) is 6.04 Å². The second-order valence-corrected chi connectivity index (χ2v) is 4.60. The fraction of sp³-hybridized carbons (Fsp3) is 1.00. The van der Waals surface area contributed by atoms with Crippen molar-refractivity contribution in [3.8, 4) is 0 Å². The first kappa shape index (κ1) is 11.0. The van der Waals surface area contributed by atoms with E-state index in [9.17, 15) is 0 Å². The van der Waals surface area contributed by atoms with Crippen LogP contribution in [0.1, 0.15) is 64.7 Å². The largest absolute Gasteiger partial charge is 0.328 e. The van der Waals surface area contributed by atoms with E-state index < -0.39 is 0 Å². The zero-order chi connectivity index (χ0) is 9.52. The molecular formula is C12H25N. The van der Waals surface area contributed by atoms with Crippen molar-refractivity contribution in [1.29, 1.82) is 0 Å². The van der Waals surface area contributed by atoms with Gasteiger partial charge < -0.3 is 5.73 Å². The van der Waals surface area contributed by atoms with Crippen molar-refractivity contribution in [2.24, 2.45) is 11.7 Å². The van der Waals surface area contributed by atoms with Crippen LogP contribution in [0.3, 0.4) is 0 Å². The summed E-state index contributed by atoms with van der Waals surface area (Å²) in [6.07, 6.45) is 12.3. The Morgan fingerprint density at radius 3 is 2.31 bits per heavy atom. The van der Waals surface area contributed by atoms with Gasteiger partial charge in [-0.3, -0.25) is 0 Å². The van der Waals surface area contributed by atoms with Crippen LogP contribution in [0.15, 0.2) is 0 Å². The average molecular weight is 183 g/mol. The Balaban J connectivity index is 2.25. The molecule has 2 atom stereocenters. The minimum atomic E-state index is 0.496. The minimum absolute atomic E-state index is 0.496. The molecule has 1 rings (SSSR count). The lowest BCUT2D eigenvalue weighted by molar-refractivity contribution is 0.366. The van der Waals surface area contributed by atoms with Gasteiger partial charge in [0, 0.05) is 6.04 Å². The van der Waals surface area contributed by atoms with E-state index in [1.165, 1.54) is 57.8 Å². The van der Waals surface area contributed by atoms with Crippen molar-refractivity contribution in [1.82, 2.24) is 0 Å². The zero-order valence-electron chi connectivity index (χ0n) is 9.10. The maximum atomic E-state index is 6.01. The molecule has 0 bridgehead atoms. The fourth-order valence-electron chi connectivity index (χ4n) is 2.38. The van der Waals surface area contributed by atoms with E-state index in [0.717, 1.165) is 5.92 Å². The van der Waals surface area contributed by atoms with Crippen LogP contribution in [0.25, 0.3) is 0 Å². The molecule has 78 valence electrons.